The molecular weight excluding hydrogens is 314 g/mol. The summed E-state index contributed by atoms with van der Waals surface area (Å²) in [6, 6.07) is 0. The molecule has 0 saturated carbocycles. The second kappa shape index (κ2) is 7.14. The van der Waals surface area contributed by atoms with E-state index in [4.69, 9.17) is 0 Å². The molecule has 0 bridgehead atoms. The first-order valence-corrected chi connectivity index (χ1v) is 8.64. The fourth-order valence-electron chi connectivity index (χ4n) is 3.01. The number of carbonyl (C=O) groups excluding carboxylic acids is 1. The van der Waals surface area contributed by atoms with E-state index in [1.807, 2.05) is 18.5 Å². The van der Waals surface area contributed by atoms with Crippen molar-refractivity contribution in [3.8, 4) is 0 Å². The van der Waals surface area contributed by atoms with Gasteiger partial charge < -0.3 is 0 Å². The van der Waals surface area contributed by atoms with Crippen molar-refractivity contribution in [1.82, 2.24) is 29.9 Å². The number of rotatable bonds is 5. The van der Waals surface area contributed by atoms with E-state index in [0.29, 0.717) is 17.6 Å². The Bertz CT molecular complexity index is 654. The zero-order chi connectivity index (χ0) is 16.2. The molecule has 1 aliphatic heterocycles. The van der Waals surface area contributed by atoms with Crippen molar-refractivity contribution in [2.75, 3.05) is 25.0 Å². The van der Waals surface area contributed by atoms with Gasteiger partial charge in [-0.25, -0.2) is 9.67 Å². The third kappa shape index (κ3) is 4.32. The van der Waals surface area contributed by atoms with Gasteiger partial charge in [0.2, 0.25) is 11.0 Å². The van der Waals surface area contributed by atoms with Crippen LogP contribution in [0.3, 0.4) is 0 Å². The van der Waals surface area contributed by atoms with Crippen LogP contribution in [0, 0.1) is 19.8 Å². The number of aromatic nitrogens is 5. The Balaban J connectivity index is 1.51. The minimum atomic E-state index is -0.0322. The van der Waals surface area contributed by atoms with E-state index in [1.54, 1.807) is 5.51 Å². The lowest BCUT2D eigenvalue weighted by Gasteiger charge is -2.32. The summed E-state index contributed by atoms with van der Waals surface area (Å²) in [7, 11) is 0. The summed E-state index contributed by atoms with van der Waals surface area (Å²) in [4.78, 5) is 18.6. The van der Waals surface area contributed by atoms with Crippen molar-refractivity contribution in [3.05, 3.63) is 17.2 Å². The molecule has 0 unspecified atom stereocenters. The van der Waals surface area contributed by atoms with Crippen LogP contribution in [0.1, 0.15) is 24.5 Å². The quantitative estimate of drug-likeness (QED) is 0.880. The summed E-state index contributed by atoms with van der Waals surface area (Å²) in [6.07, 6.45) is 2.26. The van der Waals surface area contributed by atoms with Crippen LogP contribution >= 0.6 is 11.3 Å². The van der Waals surface area contributed by atoms with Crippen LogP contribution in [0.4, 0.5) is 5.13 Å². The fourth-order valence-corrected chi connectivity index (χ4v) is 3.47. The average molecular weight is 335 g/mol. The lowest BCUT2D eigenvalue weighted by atomic mass is 9.98. The van der Waals surface area contributed by atoms with Gasteiger partial charge in [-0.15, -0.1) is 10.2 Å². The molecule has 0 aromatic carbocycles. The molecule has 1 atom stereocenters. The van der Waals surface area contributed by atoms with Crippen molar-refractivity contribution in [2.45, 2.75) is 33.2 Å². The van der Waals surface area contributed by atoms with Crippen LogP contribution in [0.2, 0.25) is 0 Å². The molecule has 124 valence electrons. The zero-order valence-corrected chi connectivity index (χ0v) is 14.2. The number of likely N-dealkylation sites (tertiary alicyclic amines) is 1. The van der Waals surface area contributed by atoms with Gasteiger partial charge in [-0.1, -0.05) is 11.3 Å². The number of aryl methyl sites for hydroxylation is 2. The molecule has 0 radical (unpaired) electrons. The number of nitrogens with zero attached hydrogens (tertiary/aromatic N) is 6. The van der Waals surface area contributed by atoms with Crippen LogP contribution in [0.25, 0.3) is 0 Å². The summed E-state index contributed by atoms with van der Waals surface area (Å²) >= 11 is 1.33. The second-order valence-electron chi connectivity index (χ2n) is 5.92. The van der Waals surface area contributed by atoms with E-state index in [2.05, 4.69) is 30.5 Å². The SMILES string of the molecule is Cc1nc(C)n(C[C@@H]2CCCN(CC(=O)Nc3nncs3)C2)n1. The molecule has 2 aromatic rings. The topological polar surface area (TPSA) is 88.8 Å². The van der Waals surface area contributed by atoms with E-state index in [-0.39, 0.29) is 5.91 Å². The molecule has 1 aliphatic rings. The monoisotopic (exact) mass is 335 g/mol. The zero-order valence-electron chi connectivity index (χ0n) is 13.4. The molecule has 9 heteroatoms. The molecule has 8 nitrogen and oxygen atoms in total. The molecule has 1 N–H and O–H groups in total. The van der Waals surface area contributed by atoms with Gasteiger partial charge in [0.05, 0.1) is 6.54 Å². The van der Waals surface area contributed by atoms with Gasteiger partial charge in [0.25, 0.3) is 0 Å². The number of hydrogen-bond acceptors (Lipinski definition) is 7. The highest BCUT2D eigenvalue weighted by atomic mass is 32.1. The molecule has 2 aromatic heterocycles. The van der Waals surface area contributed by atoms with Crippen molar-refractivity contribution in [2.24, 2.45) is 5.92 Å². The molecule has 0 spiro atoms. The summed E-state index contributed by atoms with van der Waals surface area (Å²) in [5, 5.41) is 15.3. The van der Waals surface area contributed by atoms with Crippen molar-refractivity contribution >= 4 is 22.4 Å². The third-order valence-corrected chi connectivity index (χ3v) is 4.58. The second-order valence-corrected chi connectivity index (χ2v) is 6.76. The molecule has 23 heavy (non-hydrogen) atoms. The van der Waals surface area contributed by atoms with Crippen LogP contribution in [-0.2, 0) is 11.3 Å². The van der Waals surface area contributed by atoms with Gasteiger partial charge in [-0.3, -0.25) is 15.0 Å². The number of anilines is 1. The molecule has 3 heterocycles. The summed E-state index contributed by atoms with van der Waals surface area (Å²) in [5.74, 6) is 2.23. The molecule has 0 aliphatic carbocycles. The minimum Gasteiger partial charge on any atom is -0.299 e. The maximum absolute atomic E-state index is 12.1. The molecule has 1 fully saturated rings. The van der Waals surface area contributed by atoms with E-state index in [0.717, 1.165) is 44.1 Å². The number of carbonyl (C=O) groups is 1. The summed E-state index contributed by atoms with van der Waals surface area (Å²) < 4.78 is 1.98. The smallest absolute Gasteiger partial charge is 0.240 e. The standard InChI is InChI=1S/C14H21N7OS/c1-10-16-11(2)21(19-10)7-12-4-3-5-20(6-12)8-13(22)17-14-18-15-9-23-14/h9,12H,3-8H2,1-2H3,(H,17,18,22)/t12-/m1/s1. The Kier molecular flexibility index (Phi) is 4.97. The first-order valence-electron chi connectivity index (χ1n) is 7.76. The number of nitrogens with one attached hydrogen (secondary N) is 1. The Labute approximate surface area is 138 Å². The number of amides is 1. The average Bonchev–Trinajstić information content (AvgIpc) is 3.09. The van der Waals surface area contributed by atoms with Crippen molar-refractivity contribution in [1.29, 1.82) is 0 Å². The van der Waals surface area contributed by atoms with Crippen LogP contribution in [-0.4, -0.2) is 55.4 Å². The van der Waals surface area contributed by atoms with E-state index in [1.165, 1.54) is 11.3 Å². The van der Waals surface area contributed by atoms with Crippen LogP contribution in [0.5, 0.6) is 0 Å². The van der Waals surface area contributed by atoms with Gasteiger partial charge in [-0.2, -0.15) is 5.10 Å². The Morgan fingerprint density at radius 3 is 3.04 bits per heavy atom. The van der Waals surface area contributed by atoms with Gasteiger partial charge in [0.15, 0.2) is 0 Å². The van der Waals surface area contributed by atoms with E-state index >= 15 is 0 Å². The Hall–Kier alpha value is -1.87. The number of piperidine rings is 1. The maximum atomic E-state index is 12.1. The lowest BCUT2D eigenvalue weighted by molar-refractivity contribution is -0.117. The summed E-state index contributed by atoms with van der Waals surface area (Å²) in [5.41, 5.74) is 1.61. The van der Waals surface area contributed by atoms with Crippen molar-refractivity contribution in [3.63, 3.8) is 0 Å². The lowest BCUT2D eigenvalue weighted by Crippen LogP contribution is -2.41. The summed E-state index contributed by atoms with van der Waals surface area (Å²) in [6.45, 7) is 7.01. The third-order valence-electron chi connectivity index (χ3n) is 3.97. The van der Waals surface area contributed by atoms with Crippen LogP contribution < -0.4 is 5.32 Å². The highest BCUT2D eigenvalue weighted by Crippen LogP contribution is 2.19. The first kappa shape index (κ1) is 16.0. The largest absolute Gasteiger partial charge is 0.299 e. The van der Waals surface area contributed by atoms with E-state index in [9.17, 15) is 4.79 Å². The fraction of sp³-hybridized carbons (Fsp3) is 0.643. The predicted octanol–water partition coefficient (Wildman–Crippen LogP) is 1.10. The molecule has 3 rings (SSSR count). The van der Waals surface area contributed by atoms with Gasteiger partial charge in [-0.05, 0) is 39.2 Å². The minimum absolute atomic E-state index is 0.0322. The van der Waals surface area contributed by atoms with E-state index < -0.39 is 0 Å². The Morgan fingerprint density at radius 1 is 1.48 bits per heavy atom. The Morgan fingerprint density at radius 2 is 2.35 bits per heavy atom. The molecule has 1 saturated heterocycles. The van der Waals surface area contributed by atoms with Crippen molar-refractivity contribution < 1.29 is 4.79 Å². The number of hydrogen-bond donors (Lipinski definition) is 1. The van der Waals surface area contributed by atoms with Gasteiger partial charge in [0, 0.05) is 13.1 Å². The maximum Gasteiger partial charge on any atom is 0.240 e. The highest BCUT2D eigenvalue weighted by molar-refractivity contribution is 7.13. The normalized spacial score (nSPS) is 19.0. The van der Waals surface area contributed by atoms with Gasteiger partial charge >= 0.3 is 0 Å². The van der Waals surface area contributed by atoms with Crippen LogP contribution in [0.15, 0.2) is 5.51 Å². The molecule has 1 amide bonds. The first-order chi connectivity index (χ1) is 11.1. The predicted molar refractivity (Wildman–Crippen MR) is 87.2 cm³/mol. The highest BCUT2D eigenvalue weighted by Gasteiger charge is 2.23. The molecular formula is C14H21N7OS. The van der Waals surface area contributed by atoms with Gasteiger partial charge in [0.1, 0.15) is 17.2 Å².